The van der Waals surface area contributed by atoms with Gasteiger partial charge in [-0.05, 0) is 25.7 Å². The second-order valence-electron chi connectivity index (χ2n) is 6.03. The van der Waals surface area contributed by atoms with Gasteiger partial charge < -0.3 is 10.0 Å². The van der Waals surface area contributed by atoms with E-state index in [-0.39, 0.29) is 24.5 Å². The Balaban J connectivity index is 1.99. The molecule has 0 aromatic carbocycles. The molecule has 0 spiro atoms. The van der Waals surface area contributed by atoms with Gasteiger partial charge >= 0.3 is 0 Å². The normalized spacial score (nSPS) is 23.4. The summed E-state index contributed by atoms with van der Waals surface area (Å²) < 4.78 is 0. The first-order valence-electron chi connectivity index (χ1n) is 7.35. The van der Waals surface area contributed by atoms with Gasteiger partial charge in [0.05, 0.1) is 17.1 Å². The van der Waals surface area contributed by atoms with Crippen LogP contribution in [0.1, 0.15) is 50.2 Å². The van der Waals surface area contributed by atoms with Gasteiger partial charge in [0.1, 0.15) is 0 Å². The monoisotopic (exact) mass is 296 g/mol. The Kier molecular flexibility index (Phi) is 5.16. The summed E-state index contributed by atoms with van der Waals surface area (Å²) in [5.41, 5.74) is 0.877. The molecule has 2 atom stereocenters. The molecule has 0 radical (unpaired) electrons. The first kappa shape index (κ1) is 15.4. The van der Waals surface area contributed by atoms with E-state index in [1.54, 1.807) is 11.3 Å². The molecule has 1 aromatic rings. The Morgan fingerprint density at radius 3 is 2.90 bits per heavy atom. The number of thiazole rings is 1. The van der Waals surface area contributed by atoms with Crippen LogP contribution < -0.4 is 0 Å². The number of amides is 1. The number of piperidine rings is 1. The Morgan fingerprint density at radius 2 is 2.30 bits per heavy atom. The summed E-state index contributed by atoms with van der Waals surface area (Å²) in [6.45, 7) is 7.17. The average Bonchev–Trinajstić information content (AvgIpc) is 2.88. The maximum Gasteiger partial charge on any atom is 0.228 e. The van der Waals surface area contributed by atoms with E-state index in [1.807, 2.05) is 10.3 Å². The van der Waals surface area contributed by atoms with Crippen LogP contribution in [0.5, 0.6) is 0 Å². The fourth-order valence-corrected chi connectivity index (χ4v) is 3.44. The van der Waals surface area contributed by atoms with E-state index in [4.69, 9.17) is 0 Å². The van der Waals surface area contributed by atoms with Gasteiger partial charge in [0.2, 0.25) is 5.91 Å². The van der Waals surface area contributed by atoms with E-state index in [9.17, 15) is 9.90 Å². The van der Waals surface area contributed by atoms with Crippen molar-refractivity contribution in [3.05, 3.63) is 16.1 Å². The number of hydrogen-bond donors (Lipinski definition) is 1. The van der Waals surface area contributed by atoms with Crippen LogP contribution in [0.3, 0.4) is 0 Å². The molecule has 1 amide bonds. The third-order valence-electron chi connectivity index (χ3n) is 3.95. The van der Waals surface area contributed by atoms with E-state index in [2.05, 4.69) is 25.8 Å². The Hall–Kier alpha value is -0.940. The Morgan fingerprint density at radius 1 is 1.55 bits per heavy atom. The van der Waals surface area contributed by atoms with Crippen molar-refractivity contribution in [2.24, 2.45) is 5.92 Å². The van der Waals surface area contributed by atoms with E-state index in [0.29, 0.717) is 18.9 Å². The number of aliphatic hydroxyl groups is 1. The minimum absolute atomic E-state index is 0.135. The first-order chi connectivity index (χ1) is 9.51. The number of aliphatic hydroxyl groups excluding tert-OH is 1. The summed E-state index contributed by atoms with van der Waals surface area (Å²) in [4.78, 5) is 18.9. The first-order valence-corrected chi connectivity index (χ1v) is 8.23. The summed E-state index contributed by atoms with van der Waals surface area (Å²) in [6, 6.07) is 0.272. The van der Waals surface area contributed by atoms with Gasteiger partial charge in [-0.2, -0.15) is 0 Å². The Bertz CT molecular complexity index is 458. The average molecular weight is 296 g/mol. The van der Waals surface area contributed by atoms with Crippen LogP contribution in [-0.2, 0) is 11.2 Å². The molecule has 1 fully saturated rings. The van der Waals surface area contributed by atoms with Crippen LogP contribution >= 0.6 is 11.3 Å². The predicted molar refractivity (Wildman–Crippen MR) is 80.9 cm³/mol. The minimum atomic E-state index is 0.135. The zero-order valence-corrected chi connectivity index (χ0v) is 13.3. The highest BCUT2D eigenvalue weighted by Gasteiger charge is 2.28. The van der Waals surface area contributed by atoms with Crippen molar-refractivity contribution in [3.63, 3.8) is 0 Å². The Labute approximate surface area is 124 Å². The molecule has 2 rings (SSSR count). The highest BCUT2D eigenvalue weighted by atomic mass is 32.1. The molecule has 1 N–H and O–H groups in total. The van der Waals surface area contributed by atoms with E-state index < -0.39 is 0 Å². The largest absolute Gasteiger partial charge is 0.396 e. The van der Waals surface area contributed by atoms with Gasteiger partial charge in [0.15, 0.2) is 0 Å². The topological polar surface area (TPSA) is 53.4 Å². The molecule has 1 aliphatic rings. The lowest BCUT2D eigenvalue weighted by Gasteiger charge is -2.37. The van der Waals surface area contributed by atoms with Crippen molar-refractivity contribution in [1.29, 1.82) is 0 Å². The van der Waals surface area contributed by atoms with Crippen molar-refractivity contribution in [3.8, 4) is 0 Å². The van der Waals surface area contributed by atoms with Crippen LogP contribution in [0.2, 0.25) is 0 Å². The van der Waals surface area contributed by atoms with Crippen molar-refractivity contribution >= 4 is 17.2 Å². The SMILES string of the molecule is CC(C)c1nc(CC(=O)N2CC(CO)CCC2C)cs1. The van der Waals surface area contributed by atoms with Gasteiger partial charge in [-0.15, -0.1) is 11.3 Å². The second kappa shape index (κ2) is 6.68. The lowest BCUT2D eigenvalue weighted by atomic mass is 9.94. The quantitative estimate of drug-likeness (QED) is 0.928. The smallest absolute Gasteiger partial charge is 0.228 e. The zero-order valence-electron chi connectivity index (χ0n) is 12.5. The van der Waals surface area contributed by atoms with Crippen molar-refractivity contribution in [2.75, 3.05) is 13.2 Å². The second-order valence-corrected chi connectivity index (χ2v) is 6.92. The summed E-state index contributed by atoms with van der Waals surface area (Å²) >= 11 is 1.63. The molecule has 20 heavy (non-hydrogen) atoms. The van der Waals surface area contributed by atoms with Crippen LogP contribution in [0.15, 0.2) is 5.38 Å². The molecule has 1 aromatic heterocycles. The van der Waals surface area contributed by atoms with Crippen LogP contribution in [0, 0.1) is 5.92 Å². The van der Waals surface area contributed by atoms with E-state index in [0.717, 1.165) is 23.5 Å². The molecule has 1 saturated heterocycles. The molecule has 2 unspecified atom stereocenters. The van der Waals surface area contributed by atoms with Gasteiger partial charge in [0, 0.05) is 30.5 Å². The molecule has 1 aliphatic heterocycles. The third-order valence-corrected chi connectivity index (χ3v) is 5.15. The van der Waals surface area contributed by atoms with Crippen molar-refractivity contribution in [2.45, 2.75) is 52.0 Å². The molecule has 5 heteroatoms. The number of likely N-dealkylation sites (tertiary alicyclic amines) is 1. The fraction of sp³-hybridized carbons (Fsp3) is 0.733. The maximum atomic E-state index is 12.4. The van der Waals surface area contributed by atoms with Gasteiger partial charge in [-0.3, -0.25) is 4.79 Å². The number of aromatic nitrogens is 1. The lowest BCUT2D eigenvalue weighted by Crippen LogP contribution is -2.47. The summed E-state index contributed by atoms with van der Waals surface area (Å²) in [7, 11) is 0. The molecule has 4 nitrogen and oxygen atoms in total. The van der Waals surface area contributed by atoms with Crippen LogP contribution in [-0.4, -0.2) is 40.1 Å². The molecular formula is C15H24N2O2S. The van der Waals surface area contributed by atoms with Crippen molar-refractivity contribution in [1.82, 2.24) is 9.88 Å². The molecule has 2 heterocycles. The molecule has 0 saturated carbocycles. The molecular weight excluding hydrogens is 272 g/mol. The standard InChI is InChI=1S/C15H24N2O2S/c1-10(2)15-16-13(9-20-15)6-14(19)17-7-12(8-18)5-4-11(17)3/h9-12,18H,4-8H2,1-3H3. The maximum absolute atomic E-state index is 12.4. The molecule has 0 bridgehead atoms. The number of hydrogen-bond acceptors (Lipinski definition) is 4. The highest BCUT2D eigenvalue weighted by Crippen LogP contribution is 2.23. The number of rotatable bonds is 4. The third kappa shape index (κ3) is 3.58. The van der Waals surface area contributed by atoms with Gasteiger partial charge in [-0.25, -0.2) is 4.98 Å². The lowest BCUT2D eigenvalue weighted by molar-refractivity contribution is -0.135. The highest BCUT2D eigenvalue weighted by molar-refractivity contribution is 7.09. The molecule has 0 aliphatic carbocycles. The number of carbonyl (C=O) groups is 1. The number of nitrogens with zero attached hydrogens (tertiary/aromatic N) is 2. The molecule has 112 valence electrons. The van der Waals surface area contributed by atoms with Gasteiger partial charge in [0.25, 0.3) is 0 Å². The van der Waals surface area contributed by atoms with Crippen LogP contribution in [0.4, 0.5) is 0 Å². The minimum Gasteiger partial charge on any atom is -0.396 e. The van der Waals surface area contributed by atoms with E-state index in [1.165, 1.54) is 0 Å². The van der Waals surface area contributed by atoms with E-state index >= 15 is 0 Å². The zero-order chi connectivity index (χ0) is 14.7. The summed E-state index contributed by atoms with van der Waals surface area (Å²) in [5, 5.41) is 12.4. The number of carbonyl (C=O) groups excluding carboxylic acids is 1. The summed E-state index contributed by atoms with van der Waals surface area (Å²) in [5.74, 6) is 0.782. The predicted octanol–water partition coefficient (Wildman–Crippen LogP) is 2.43. The van der Waals surface area contributed by atoms with Crippen LogP contribution in [0.25, 0.3) is 0 Å². The van der Waals surface area contributed by atoms with Crippen molar-refractivity contribution < 1.29 is 9.90 Å². The summed E-state index contributed by atoms with van der Waals surface area (Å²) in [6.07, 6.45) is 2.37. The fourth-order valence-electron chi connectivity index (χ4n) is 2.60. The van der Waals surface area contributed by atoms with Gasteiger partial charge in [-0.1, -0.05) is 13.8 Å².